The molecule has 0 heterocycles. The smallest absolute Gasteiger partial charge is 0.0709 e. The summed E-state index contributed by atoms with van der Waals surface area (Å²) in [6, 6.07) is 31.2. The third-order valence-corrected chi connectivity index (χ3v) is 8.18. The number of hydrogen-bond donors (Lipinski definition) is 2. The Hall–Kier alpha value is -3.78. The molecule has 0 fully saturated rings. The van der Waals surface area contributed by atoms with E-state index in [9.17, 15) is 0 Å². The fourth-order valence-corrected chi connectivity index (χ4v) is 6.04. The number of para-hydroxylation sites is 2. The number of hydrogen-bond acceptors (Lipinski definition) is 2. The summed E-state index contributed by atoms with van der Waals surface area (Å²) in [5, 5.41) is 13.1. The van der Waals surface area contributed by atoms with Gasteiger partial charge in [-0.25, -0.2) is 0 Å². The van der Waals surface area contributed by atoms with Crippen LogP contribution in [0.2, 0.25) is 0 Å². The molecule has 2 heteroatoms. The van der Waals surface area contributed by atoms with Crippen molar-refractivity contribution in [2.45, 2.75) is 79.1 Å². The lowest BCUT2D eigenvalue weighted by atomic mass is 9.90. The van der Waals surface area contributed by atoms with E-state index in [0.717, 1.165) is 11.4 Å². The zero-order chi connectivity index (χ0) is 28.6. The van der Waals surface area contributed by atoms with Crippen LogP contribution in [0.5, 0.6) is 0 Å². The van der Waals surface area contributed by atoms with Gasteiger partial charge in [0.15, 0.2) is 0 Å². The summed E-state index contributed by atoms with van der Waals surface area (Å²) in [5.74, 6) is 1.61. The molecule has 0 saturated carbocycles. The number of fused-ring (bicyclic) bond motifs is 3. The summed E-state index contributed by atoms with van der Waals surface area (Å²) < 4.78 is 0. The second-order valence-electron chi connectivity index (χ2n) is 12.3. The van der Waals surface area contributed by atoms with Crippen LogP contribution in [0, 0.1) is 0 Å². The van der Waals surface area contributed by atoms with Crippen LogP contribution in [0.15, 0.2) is 84.9 Å². The topological polar surface area (TPSA) is 24.1 Å². The van der Waals surface area contributed by atoms with Gasteiger partial charge in [0.2, 0.25) is 0 Å². The van der Waals surface area contributed by atoms with Gasteiger partial charge in [-0.3, -0.25) is 0 Å². The van der Waals surface area contributed by atoms with Crippen molar-refractivity contribution < 1.29 is 0 Å². The lowest BCUT2D eigenvalue weighted by Crippen LogP contribution is -2.08. The van der Waals surface area contributed by atoms with Crippen LogP contribution in [0.1, 0.15) is 101 Å². The fraction of sp³-hybridized carbons (Fsp3) is 0.316. The van der Waals surface area contributed by atoms with E-state index in [1.165, 1.54) is 55.2 Å². The van der Waals surface area contributed by atoms with Crippen LogP contribution in [-0.2, 0) is 0 Å². The number of anilines is 4. The first-order valence-corrected chi connectivity index (χ1v) is 14.9. The molecule has 0 unspecified atom stereocenters. The molecule has 206 valence electrons. The lowest BCUT2D eigenvalue weighted by molar-refractivity contribution is 0.837. The van der Waals surface area contributed by atoms with Crippen LogP contribution in [-0.4, -0.2) is 0 Å². The number of rotatable bonds is 8. The summed E-state index contributed by atoms with van der Waals surface area (Å²) in [4.78, 5) is 0. The van der Waals surface area contributed by atoms with Gasteiger partial charge in [-0.1, -0.05) is 140 Å². The quantitative estimate of drug-likeness (QED) is 0.155. The highest BCUT2D eigenvalue weighted by Crippen LogP contribution is 2.46. The van der Waals surface area contributed by atoms with E-state index in [2.05, 4.69) is 151 Å². The molecular weight excluding hydrogens is 484 g/mol. The Morgan fingerprint density at radius 3 is 0.875 bits per heavy atom. The molecule has 0 aliphatic heterocycles. The Kier molecular flexibility index (Phi) is 7.90. The van der Waals surface area contributed by atoms with Crippen LogP contribution >= 0.6 is 0 Å². The molecule has 0 aliphatic carbocycles. The van der Waals surface area contributed by atoms with Gasteiger partial charge in [0.25, 0.3) is 0 Å². The standard InChI is InChI=1S/C38H44N2/c1-23(2)27-19-13-20-28(24(3)4)35(27)39-37-33-17-11-9-15-31(33)32-16-10-12-18-34(32)38(37)40-36-29(25(5)6)21-14-22-30(36)26(7)8/h9-26,39-40H,1-8H3. The molecule has 5 rings (SSSR count). The zero-order valence-electron chi connectivity index (χ0n) is 25.4. The van der Waals surface area contributed by atoms with Crippen molar-refractivity contribution in [3.63, 3.8) is 0 Å². The summed E-state index contributed by atoms with van der Waals surface area (Å²) in [6.45, 7) is 18.3. The van der Waals surface area contributed by atoms with E-state index in [-0.39, 0.29) is 0 Å². The monoisotopic (exact) mass is 528 g/mol. The highest BCUT2D eigenvalue weighted by atomic mass is 15.0. The van der Waals surface area contributed by atoms with E-state index in [4.69, 9.17) is 0 Å². The molecule has 40 heavy (non-hydrogen) atoms. The summed E-state index contributed by atoms with van der Waals surface area (Å²) >= 11 is 0. The Morgan fingerprint density at radius 1 is 0.325 bits per heavy atom. The Morgan fingerprint density at radius 2 is 0.600 bits per heavy atom. The van der Waals surface area contributed by atoms with E-state index in [1.807, 2.05) is 0 Å². The molecule has 5 aromatic carbocycles. The highest BCUT2D eigenvalue weighted by molar-refractivity contribution is 6.21. The van der Waals surface area contributed by atoms with Crippen molar-refractivity contribution in [1.29, 1.82) is 0 Å². The predicted molar refractivity (Wildman–Crippen MR) is 177 cm³/mol. The minimum absolute atomic E-state index is 0.401. The first-order chi connectivity index (χ1) is 19.2. The van der Waals surface area contributed by atoms with Crippen LogP contribution in [0.3, 0.4) is 0 Å². The van der Waals surface area contributed by atoms with Crippen molar-refractivity contribution in [3.8, 4) is 0 Å². The third kappa shape index (κ3) is 5.08. The van der Waals surface area contributed by atoms with E-state index >= 15 is 0 Å². The largest absolute Gasteiger partial charge is 0.353 e. The summed E-state index contributed by atoms with van der Waals surface area (Å²) in [5.41, 5.74) is 10.1. The Labute approximate surface area is 240 Å². The minimum Gasteiger partial charge on any atom is -0.353 e. The van der Waals surface area contributed by atoms with Gasteiger partial charge < -0.3 is 10.6 Å². The molecule has 5 aromatic rings. The van der Waals surface area contributed by atoms with Crippen molar-refractivity contribution in [1.82, 2.24) is 0 Å². The van der Waals surface area contributed by atoms with E-state index in [0.29, 0.717) is 23.7 Å². The average Bonchev–Trinajstić information content (AvgIpc) is 2.94. The van der Waals surface area contributed by atoms with Crippen molar-refractivity contribution in [3.05, 3.63) is 107 Å². The van der Waals surface area contributed by atoms with Gasteiger partial charge in [0.05, 0.1) is 11.4 Å². The molecule has 0 bridgehead atoms. The van der Waals surface area contributed by atoms with Crippen LogP contribution < -0.4 is 10.6 Å². The van der Waals surface area contributed by atoms with Crippen LogP contribution in [0.4, 0.5) is 22.7 Å². The molecule has 0 aromatic heterocycles. The van der Waals surface area contributed by atoms with Crippen molar-refractivity contribution in [2.75, 3.05) is 10.6 Å². The average molecular weight is 529 g/mol. The molecular formula is C38H44N2. The van der Waals surface area contributed by atoms with Gasteiger partial charge in [0, 0.05) is 22.1 Å². The molecule has 0 atom stereocenters. The van der Waals surface area contributed by atoms with Gasteiger partial charge in [0.1, 0.15) is 0 Å². The normalized spacial score (nSPS) is 11.9. The van der Waals surface area contributed by atoms with E-state index < -0.39 is 0 Å². The summed E-state index contributed by atoms with van der Waals surface area (Å²) in [7, 11) is 0. The molecule has 0 amide bonds. The van der Waals surface area contributed by atoms with Gasteiger partial charge in [-0.05, 0) is 56.7 Å². The maximum atomic E-state index is 4.06. The molecule has 0 spiro atoms. The minimum atomic E-state index is 0.401. The Bertz CT molecular complexity index is 1480. The SMILES string of the molecule is CC(C)c1cccc(C(C)C)c1Nc1c(Nc2c(C(C)C)cccc2C(C)C)c2ccccc2c2ccccc12. The molecule has 0 radical (unpaired) electrons. The highest BCUT2D eigenvalue weighted by Gasteiger charge is 2.22. The predicted octanol–water partition coefficient (Wildman–Crippen LogP) is 12.0. The van der Waals surface area contributed by atoms with Crippen molar-refractivity contribution >= 4 is 44.3 Å². The number of nitrogens with one attached hydrogen (secondary N) is 2. The molecule has 2 N–H and O–H groups in total. The fourth-order valence-electron chi connectivity index (χ4n) is 6.04. The second kappa shape index (κ2) is 11.4. The van der Waals surface area contributed by atoms with Crippen LogP contribution in [0.25, 0.3) is 21.5 Å². The Balaban J connectivity index is 1.87. The molecule has 0 saturated heterocycles. The first kappa shape index (κ1) is 27.8. The van der Waals surface area contributed by atoms with E-state index in [1.54, 1.807) is 0 Å². The molecule has 0 aliphatic rings. The van der Waals surface area contributed by atoms with Gasteiger partial charge in [-0.15, -0.1) is 0 Å². The maximum Gasteiger partial charge on any atom is 0.0709 e. The number of benzene rings is 5. The van der Waals surface area contributed by atoms with Crippen molar-refractivity contribution in [2.24, 2.45) is 0 Å². The second-order valence-corrected chi connectivity index (χ2v) is 12.3. The first-order valence-electron chi connectivity index (χ1n) is 14.9. The lowest BCUT2D eigenvalue weighted by Gasteiger charge is -2.27. The van der Waals surface area contributed by atoms with Gasteiger partial charge >= 0.3 is 0 Å². The third-order valence-electron chi connectivity index (χ3n) is 8.18. The molecule has 2 nitrogen and oxygen atoms in total. The maximum absolute atomic E-state index is 4.06. The van der Waals surface area contributed by atoms with Gasteiger partial charge in [-0.2, -0.15) is 0 Å². The summed E-state index contributed by atoms with van der Waals surface area (Å²) in [6.07, 6.45) is 0. The zero-order valence-corrected chi connectivity index (χ0v) is 25.4.